The molecule has 2 aromatic carbocycles. The number of ether oxygens (including phenoxy) is 1. The van der Waals surface area contributed by atoms with Crippen LogP contribution in [-0.4, -0.2) is 35.2 Å². The molecule has 0 unspecified atom stereocenters. The molecule has 0 saturated heterocycles. The number of anilines is 2. The van der Waals surface area contributed by atoms with Gasteiger partial charge in [0.05, 0.1) is 7.11 Å². The van der Waals surface area contributed by atoms with Gasteiger partial charge in [-0.05, 0) is 29.8 Å². The minimum absolute atomic E-state index is 0.172. The molecule has 0 atom stereocenters. The predicted molar refractivity (Wildman–Crippen MR) is 101 cm³/mol. The van der Waals surface area contributed by atoms with Crippen molar-refractivity contribution in [3.63, 3.8) is 0 Å². The molecule has 6 nitrogen and oxygen atoms in total. The van der Waals surface area contributed by atoms with E-state index in [-0.39, 0.29) is 5.91 Å². The third-order valence-electron chi connectivity index (χ3n) is 3.84. The SMILES string of the molecule is COc1cccc(Nc2ccc(C(=O)N(C)Cc3ccccc3)nn2)c1. The zero-order valence-corrected chi connectivity index (χ0v) is 14.7. The van der Waals surface area contributed by atoms with E-state index >= 15 is 0 Å². The number of rotatable bonds is 6. The normalized spacial score (nSPS) is 10.2. The van der Waals surface area contributed by atoms with Crippen LogP contribution in [0, 0.1) is 0 Å². The first-order valence-electron chi connectivity index (χ1n) is 8.20. The molecule has 0 fully saturated rings. The first-order chi connectivity index (χ1) is 12.7. The van der Waals surface area contributed by atoms with E-state index in [2.05, 4.69) is 15.5 Å². The van der Waals surface area contributed by atoms with Gasteiger partial charge in [0.2, 0.25) is 0 Å². The molecule has 26 heavy (non-hydrogen) atoms. The van der Waals surface area contributed by atoms with Gasteiger partial charge in [-0.2, -0.15) is 0 Å². The molecule has 1 aromatic heterocycles. The highest BCUT2D eigenvalue weighted by Crippen LogP contribution is 2.20. The maximum Gasteiger partial charge on any atom is 0.274 e. The van der Waals surface area contributed by atoms with Crippen LogP contribution in [0.5, 0.6) is 5.75 Å². The summed E-state index contributed by atoms with van der Waals surface area (Å²) in [5.41, 5.74) is 2.20. The first-order valence-corrected chi connectivity index (χ1v) is 8.20. The van der Waals surface area contributed by atoms with Crippen LogP contribution in [0.2, 0.25) is 0 Å². The van der Waals surface area contributed by atoms with Crippen LogP contribution >= 0.6 is 0 Å². The van der Waals surface area contributed by atoms with Crippen LogP contribution < -0.4 is 10.1 Å². The van der Waals surface area contributed by atoms with E-state index in [0.29, 0.717) is 18.1 Å². The number of amides is 1. The highest BCUT2D eigenvalue weighted by atomic mass is 16.5. The fraction of sp³-hybridized carbons (Fsp3) is 0.150. The van der Waals surface area contributed by atoms with Crippen molar-refractivity contribution in [2.75, 3.05) is 19.5 Å². The van der Waals surface area contributed by atoms with Gasteiger partial charge in [-0.1, -0.05) is 36.4 Å². The number of hydrogen-bond acceptors (Lipinski definition) is 5. The Morgan fingerprint density at radius 1 is 1.04 bits per heavy atom. The molecule has 3 rings (SSSR count). The van der Waals surface area contributed by atoms with E-state index in [4.69, 9.17) is 4.74 Å². The van der Waals surface area contributed by atoms with Crippen LogP contribution in [0.1, 0.15) is 16.1 Å². The van der Waals surface area contributed by atoms with Crippen molar-refractivity contribution in [1.29, 1.82) is 0 Å². The number of carbonyl (C=O) groups is 1. The van der Waals surface area contributed by atoms with E-state index in [9.17, 15) is 4.79 Å². The number of nitrogens with one attached hydrogen (secondary N) is 1. The molecule has 1 amide bonds. The van der Waals surface area contributed by atoms with E-state index in [1.165, 1.54) is 0 Å². The third kappa shape index (κ3) is 4.36. The molecule has 1 heterocycles. The van der Waals surface area contributed by atoms with Gasteiger partial charge >= 0.3 is 0 Å². The minimum Gasteiger partial charge on any atom is -0.497 e. The Balaban J connectivity index is 1.65. The topological polar surface area (TPSA) is 67.3 Å². The molecular weight excluding hydrogens is 328 g/mol. The standard InChI is InChI=1S/C20H20N4O2/c1-24(14-15-7-4-3-5-8-15)20(25)18-11-12-19(23-22-18)21-16-9-6-10-17(13-16)26-2/h3-13H,14H2,1-2H3,(H,21,23). The Kier molecular flexibility index (Phi) is 5.43. The Morgan fingerprint density at radius 3 is 2.54 bits per heavy atom. The second-order valence-corrected chi connectivity index (χ2v) is 5.81. The van der Waals surface area contributed by atoms with E-state index in [1.807, 2.05) is 54.6 Å². The number of methoxy groups -OCH3 is 1. The predicted octanol–water partition coefficient (Wildman–Crippen LogP) is 3.50. The number of hydrogen-bond donors (Lipinski definition) is 1. The van der Waals surface area contributed by atoms with Gasteiger partial charge in [0, 0.05) is 25.3 Å². The van der Waals surface area contributed by atoms with Crippen LogP contribution in [0.25, 0.3) is 0 Å². The second kappa shape index (κ2) is 8.11. The molecule has 0 saturated carbocycles. The minimum atomic E-state index is -0.172. The molecule has 0 radical (unpaired) electrons. The lowest BCUT2D eigenvalue weighted by Crippen LogP contribution is -2.27. The fourth-order valence-corrected chi connectivity index (χ4v) is 2.49. The van der Waals surface area contributed by atoms with Gasteiger partial charge in [-0.3, -0.25) is 4.79 Å². The summed E-state index contributed by atoms with van der Waals surface area (Å²) in [5.74, 6) is 1.13. The first kappa shape index (κ1) is 17.4. The fourth-order valence-electron chi connectivity index (χ4n) is 2.49. The smallest absolute Gasteiger partial charge is 0.274 e. The van der Waals surface area contributed by atoms with Crippen LogP contribution in [0.4, 0.5) is 11.5 Å². The van der Waals surface area contributed by atoms with Gasteiger partial charge in [-0.25, -0.2) is 0 Å². The van der Waals surface area contributed by atoms with Gasteiger partial charge in [0.15, 0.2) is 11.5 Å². The number of carbonyl (C=O) groups excluding carboxylic acids is 1. The maximum absolute atomic E-state index is 12.5. The van der Waals surface area contributed by atoms with Crippen molar-refractivity contribution in [2.24, 2.45) is 0 Å². The summed E-state index contributed by atoms with van der Waals surface area (Å²) in [6.45, 7) is 0.519. The molecule has 0 aliphatic heterocycles. The van der Waals surface area contributed by atoms with Crippen molar-refractivity contribution in [3.05, 3.63) is 78.0 Å². The second-order valence-electron chi connectivity index (χ2n) is 5.81. The maximum atomic E-state index is 12.5. The summed E-state index contributed by atoms with van der Waals surface area (Å²) in [4.78, 5) is 14.1. The van der Waals surface area contributed by atoms with Gasteiger partial charge in [-0.15, -0.1) is 10.2 Å². The quantitative estimate of drug-likeness (QED) is 0.738. The number of nitrogens with zero attached hydrogens (tertiary/aromatic N) is 3. The Morgan fingerprint density at radius 2 is 1.85 bits per heavy atom. The van der Waals surface area contributed by atoms with Crippen molar-refractivity contribution in [2.45, 2.75) is 6.54 Å². The van der Waals surface area contributed by atoms with Crippen LogP contribution in [0.3, 0.4) is 0 Å². The molecule has 1 N–H and O–H groups in total. The molecular formula is C20H20N4O2. The lowest BCUT2D eigenvalue weighted by Gasteiger charge is -2.16. The molecule has 3 aromatic rings. The van der Waals surface area contributed by atoms with Crippen molar-refractivity contribution >= 4 is 17.4 Å². The zero-order valence-electron chi connectivity index (χ0n) is 14.7. The summed E-state index contributed by atoms with van der Waals surface area (Å²) < 4.78 is 5.19. The molecule has 0 spiro atoms. The lowest BCUT2D eigenvalue weighted by atomic mass is 10.2. The molecule has 132 valence electrons. The van der Waals surface area contributed by atoms with E-state index < -0.39 is 0 Å². The van der Waals surface area contributed by atoms with Crippen molar-refractivity contribution in [1.82, 2.24) is 15.1 Å². The summed E-state index contributed by atoms with van der Waals surface area (Å²) in [6.07, 6.45) is 0. The average molecular weight is 348 g/mol. The highest BCUT2D eigenvalue weighted by molar-refractivity contribution is 5.92. The van der Waals surface area contributed by atoms with E-state index in [1.54, 1.807) is 31.2 Å². The van der Waals surface area contributed by atoms with Crippen LogP contribution in [0.15, 0.2) is 66.7 Å². The van der Waals surface area contributed by atoms with E-state index in [0.717, 1.165) is 17.0 Å². The summed E-state index contributed by atoms with van der Waals surface area (Å²) in [7, 11) is 3.37. The van der Waals surface area contributed by atoms with Crippen LogP contribution in [-0.2, 0) is 6.54 Å². The zero-order chi connectivity index (χ0) is 18.4. The molecule has 6 heteroatoms. The Bertz CT molecular complexity index is 866. The van der Waals surface area contributed by atoms with Crippen molar-refractivity contribution < 1.29 is 9.53 Å². The summed E-state index contributed by atoms with van der Waals surface area (Å²) in [5, 5.41) is 11.3. The van der Waals surface area contributed by atoms with Gasteiger partial charge in [0.25, 0.3) is 5.91 Å². The molecule has 0 bridgehead atoms. The lowest BCUT2D eigenvalue weighted by molar-refractivity contribution is 0.0778. The number of aromatic nitrogens is 2. The monoisotopic (exact) mass is 348 g/mol. The van der Waals surface area contributed by atoms with Gasteiger partial charge < -0.3 is 15.0 Å². The van der Waals surface area contributed by atoms with Gasteiger partial charge in [0.1, 0.15) is 5.75 Å². The molecule has 0 aliphatic carbocycles. The highest BCUT2D eigenvalue weighted by Gasteiger charge is 2.14. The summed E-state index contributed by atoms with van der Waals surface area (Å²) >= 11 is 0. The Hall–Kier alpha value is -3.41. The number of benzene rings is 2. The summed E-state index contributed by atoms with van der Waals surface area (Å²) in [6, 6.07) is 20.7. The third-order valence-corrected chi connectivity index (χ3v) is 3.84. The Labute approximate surface area is 152 Å². The largest absolute Gasteiger partial charge is 0.497 e. The molecule has 0 aliphatic rings. The average Bonchev–Trinajstić information content (AvgIpc) is 2.69. The van der Waals surface area contributed by atoms with Crippen molar-refractivity contribution in [3.8, 4) is 5.75 Å².